The van der Waals surface area contributed by atoms with Gasteiger partial charge in [-0.2, -0.15) is 5.26 Å². The summed E-state index contributed by atoms with van der Waals surface area (Å²) in [5, 5.41) is 12.2. The van der Waals surface area contributed by atoms with Gasteiger partial charge in [-0.3, -0.25) is 0 Å². The Hall–Kier alpha value is -4.27. The summed E-state index contributed by atoms with van der Waals surface area (Å²) < 4.78 is 18.1. The van der Waals surface area contributed by atoms with Gasteiger partial charge in [0, 0.05) is 35.5 Å². The molecule has 37 heavy (non-hydrogen) atoms. The van der Waals surface area contributed by atoms with Crippen LogP contribution >= 0.6 is 0 Å². The lowest BCUT2D eigenvalue weighted by Gasteiger charge is -2.37. The van der Waals surface area contributed by atoms with Crippen LogP contribution in [0.25, 0.3) is 16.8 Å². The van der Waals surface area contributed by atoms with E-state index < -0.39 is 5.60 Å². The second-order valence-electron chi connectivity index (χ2n) is 9.27. The lowest BCUT2D eigenvalue weighted by molar-refractivity contribution is 0.122. The Morgan fingerprint density at radius 3 is 2.57 bits per heavy atom. The molecule has 1 fully saturated rings. The van der Waals surface area contributed by atoms with Crippen LogP contribution in [0.1, 0.15) is 29.2 Å². The normalized spacial score (nSPS) is 18.6. The quantitative estimate of drug-likeness (QED) is 0.330. The average molecular weight is 489 g/mol. The molecule has 1 saturated heterocycles. The van der Waals surface area contributed by atoms with Gasteiger partial charge in [-0.05, 0) is 66.2 Å². The maximum atomic E-state index is 9.93. The number of nitriles is 1. The molecule has 6 rings (SSSR count). The fraction of sp³-hybridized carbons (Fsp3) is 0.219. The molecule has 2 aliphatic rings. The van der Waals surface area contributed by atoms with E-state index in [1.54, 1.807) is 0 Å². The van der Waals surface area contributed by atoms with E-state index in [2.05, 4.69) is 47.4 Å². The van der Waals surface area contributed by atoms with Crippen molar-refractivity contribution in [1.82, 2.24) is 0 Å². The molecule has 0 saturated carbocycles. The summed E-state index contributed by atoms with van der Waals surface area (Å²) in [7, 11) is 0. The molecule has 0 bridgehead atoms. The highest BCUT2D eigenvalue weighted by Crippen LogP contribution is 2.45. The van der Waals surface area contributed by atoms with Crippen LogP contribution in [0.4, 0.5) is 5.69 Å². The first kappa shape index (κ1) is 23.1. The smallest absolute Gasteiger partial charge is 0.179 e. The number of hydrogen-bond acceptors (Lipinski definition) is 5. The van der Waals surface area contributed by atoms with Gasteiger partial charge in [0.2, 0.25) is 0 Å². The van der Waals surface area contributed by atoms with Crippen molar-refractivity contribution in [2.45, 2.75) is 12.5 Å². The Labute approximate surface area is 217 Å². The molecule has 0 spiro atoms. The molecule has 0 N–H and O–H groups in total. The Kier molecular flexibility index (Phi) is 6.04. The molecule has 0 radical (unpaired) electrons. The first-order valence-corrected chi connectivity index (χ1v) is 12.7. The van der Waals surface area contributed by atoms with Crippen LogP contribution < -0.4 is 14.4 Å². The van der Waals surface area contributed by atoms with Crippen molar-refractivity contribution in [2.75, 3.05) is 37.8 Å². The number of rotatable bonds is 5. The molecule has 2 aliphatic heterocycles. The van der Waals surface area contributed by atoms with Crippen molar-refractivity contribution in [2.24, 2.45) is 0 Å². The zero-order valence-electron chi connectivity index (χ0n) is 20.8. The van der Waals surface area contributed by atoms with Crippen LogP contribution in [0.5, 0.6) is 11.5 Å². The van der Waals surface area contributed by atoms with Crippen molar-refractivity contribution < 1.29 is 14.2 Å². The molecule has 0 aromatic heterocycles. The van der Waals surface area contributed by atoms with Gasteiger partial charge in [-0.15, -0.1) is 0 Å². The maximum Gasteiger partial charge on any atom is 0.179 e. The zero-order valence-corrected chi connectivity index (χ0v) is 20.8. The predicted molar refractivity (Wildman–Crippen MR) is 146 cm³/mol. The van der Waals surface area contributed by atoms with Gasteiger partial charge in [-0.1, -0.05) is 42.5 Å². The molecule has 1 unspecified atom stereocenters. The Morgan fingerprint density at radius 2 is 1.78 bits per heavy atom. The molecule has 0 amide bonds. The van der Waals surface area contributed by atoms with Gasteiger partial charge in [-0.25, -0.2) is 0 Å². The lowest BCUT2D eigenvalue weighted by Crippen LogP contribution is -2.36. The summed E-state index contributed by atoms with van der Waals surface area (Å²) in [5.74, 6) is 1.59. The van der Waals surface area contributed by atoms with Crippen molar-refractivity contribution >= 4 is 22.5 Å². The van der Waals surface area contributed by atoms with E-state index in [1.807, 2.05) is 61.5 Å². The first-order chi connectivity index (χ1) is 18.2. The van der Waals surface area contributed by atoms with Gasteiger partial charge in [0.1, 0.15) is 11.5 Å². The van der Waals surface area contributed by atoms with Gasteiger partial charge in [0.05, 0.1) is 31.5 Å². The van der Waals surface area contributed by atoms with Crippen molar-refractivity contribution in [3.8, 4) is 17.6 Å². The van der Waals surface area contributed by atoms with E-state index in [9.17, 15) is 5.26 Å². The second kappa shape index (κ2) is 9.65. The van der Waals surface area contributed by atoms with Crippen molar-refractivity contribution in [3.05, 3.63) is 107 Å². The third-order valence-corrected chi connectivity index (χ3v) is 7.18. The van der Waals surface area contributed by atoms with Crippen molar-refractivity contribution in [3.63, 3.8) is 0 Å². The number of nitrogens with zero attached hydrogens (tertiary/aromatic N) is 2. The Morgan fingerprint density at radius 1 is 0.973 bits per heavy atom. The summed E-state index contributed by atoms with van der Waals surface area (Å²) in [5.41, 5.74) is 3.64. The molecule has 0 aliphatic carbocycles. The summed E-state index contributed by atoms with van der Waals surface area (Å²) in [4.78, 5) is 2.37. The predicted octanol–water partition coefficient (Wildman–Crippen LogP) is 6.30. The molecular weight excluding hydrogens is 460 g/mol. The van der Waals surface area contributed by atoms with Gasteiger partial charge in [0.25, 0.3) is 0 Å². The fourth-order valence-corrected chi connectivity index (χ4v) is 5.33. The Balaban J connectivity index is 1.46. The standard InChI is InChI=1S/C32H28N2O3/c1-2-36-27-11-8-25(9-12-27)32(30-6-4-3-5-24(30)22-33)16-15-29-28-13-10-26(34-17-19-35-20-18-34)21-23(28)7-14-31(29)37-32/h3-16,21H,2,17-20H2,1H3. The van der Waals surface area contributed by atoms with Crippen LogP contribution in [0.2, 0.25) is 0 Å². The van der Waals surface area contributed by atoms with Gasteiger partial charge >= 0.3 is 0 Å². The Bertz CT molecular complexity index is 1510. The van der Waals surface area contributed by atoms with E-state index in [1.165, 1.54) is 11.1 Å². The number of fused-ring (bicyclic) bond motifs is 3. The number of hydrogen-bond donors (Lipinski definition) is 0. The fourth-order valence-electron chi connectivity index (χ4n) is 5.33. The maximum absolute atomic E-state index is 9.93. The highest BCUT2D eigenvalue weighted by Gasteiger charge is 2.39. The average Bonchev–Trinajstić information content (AvgIpc) is 2.97. The number of morpholine rings is 1. The molecule has 4 aromatic rings. The zero-order chi connectivity index (χ0) is 25.2. The van der Waals surface area contributed by atoms with E-state index in [-0.39, 0.29) is 0 Å². The SMILES string of the molecule is CCOc1ccc(C2(c3ccccc3C#N)C=Cc3c(ccc4cc(N5CCOCC5)ccc34)O2)cc1. The molecule has 4 aromatic carbocycles. The topological polar surface area (TPSA) is 54.7 Å². The molecular formula is C32H28N2O3. The second-order valence-corrected chi connectivity index (χ2v) is 9.27. The van der Waals surface area contributed by atoms with E-state index in [0.29, 0.717) is 12.2 Å². The number of anilines is 1. The van der Waals surface area contributed by atoms with Crippen LogP contribution in [0.3, 0.4) is 0 Å². The highest BCUT2D eigenvalue weighted by molar-refractivity contribution is 5.96. The summed E-state index contributed by atoms with van der Waals surface area (Å²) in [6, 6.07) is 28.7. The minimum atomic E-state index is -0.939. The molecule has 5 heteroatoms. The van der Waals surface area contributed by atoms with Crippen LogP contribution in [-0.2, 0) is 10.3 Å². The minimum absolute atomic E-state index is 0.584. The van der Waals surface area contributed by atoms with Gasteiger partial charge < -0.3 is 19.1 Å². The number of ether oxygens (including phenoxy) is 3. The molecule has 5 nitrogen and oxygen atoms in total. The van der Waals surface area contributed by atoms with E-state index >= 15 is 0 Å². The molecule has 184 valence electrons. The van der Waals surface area contributed by atoms with E-state index in [4.69, 9.17) is 14.2 Å². The first-order valence-electron chi connectivity index (χ1n) is 12.7. The third kappa shape index (κ3) is 4.10. The lowest BCUT2D eigenvalue weighted by atomic mass is 9.81. The van der Waals surface area contributed by atoms with Crippen LogP contribution in [-0.4, -0.2) is 32.9 Å². The van der Waals surface area contributed by atoms with Crippen LogP contribution in [0, 0.1) is 11.3 Å². The monoisotopic (exact) mass is 488 g/mol. The third-order valence-electron chi connectivity index (χ3n) is 7.18. The summed E-state index contributed by atoms with van der Waals surface area (Å²) >= 11 is 0. The largest absolute Gasteiger partial charge is 0.494 e. The van der Waals surface area contributed by atoms with Crippen molar-refractivity contribution in [1.29, 1.82) is 5.26 Å². The van der Waals surface area contributed by atoms with E-state index in [0.717, 1.165) is 59.9 Å². The number of benzene rings is 4. The van der Waals surface area contributed by atoms with Crippen LogP contribution in [0.15, 0.2) is 84.9 Å². The minimum Gasteiger partial charge on any atom is -0.494 e. The molecule has 2 heterocycles. The van der Waals surface area contributed by atoms with Gasteiger partial charge in [0.15, 0.2) is 5.60 Å². The summed E-state index contributed by atoms with van der Waals surface area (Å²) in [6.45, 7) is 5.90. The molecule has 1 atom stereocenters. The summed E-state index contributed by atoms with van der Waals surface area (Å²) in [6.07, 6.45) is 4.22. The highest BCUT2D eigenvalue weighted by atomic mass is 16.5.